The Labute approximate surface area is 130 Å². The van der Waals surface area contributed by atoms with Gasteiger partial charge >= 0.3 is 5.97 Å². The topological polar surface area (TPSA) is 57.1 Å². The second-order valence-electron chi connectivity index (χ2n) is 5.97. The van der Waals surface area contributed by atoms with E-state index in [9.17, 15) is 4.79 Å². The maximum absolute atomic E-state index is 12.1. The summed E-state index contributed by atoms with van der Waals surface area (Å²) in [5.41, 5.74) is 2.32. The first-order chi connectivity index (χ1) is 10.3. The van der Waals surface area contributed by atoms with Gasteiger partial charge < -0.3 is 14.2 Å². The highest BCUT2D eigenvalue weighted by molar-refractivity contribution is 6.34. The normalized spacial score (nSPS) is 15.4. The van der Waals surface area contributed by atoms with Crippen LogP contribution in [-0.2, 0) is 9.53 Å². The lowest BCUT2D eigenvalue weighted by Gasteiger charge is -2.16. The molecule has 0 aromatic heterocycles. The third-order valence-corrected chi connectivity index (χ3v) is 3.22. The second kappa shape index (κ2) is 5.83. The first-order valence-electron chi connectivity index (χ1n) is 6.97. The molecule has 0 aliphatic heterocycles. The van der Waals surface area contributed by atoms with Gasteiger partial charge in [-0.25, -0.2) is 4.79 Å². The molecule has 5 heteroatoms. The standard InChI is InChI=1S/C17H21NO4/c1-17(2,3)18-15-12-7-10(20-4)8-14(21-5)11(12)9-13(15)16(19)22-6/h7-9H,1-6H3. The molecule has 0 saturated carbocycles. The molecule has 1 aromatic carbocycles. The molecule has 2 rings (SSSR count). The van der Waals surface area contributed by atoms with Crippen LogP contribution in [0.25, 0.3) is 6.08 Å². The zero-order valence-electron chi connectivity index (χ0n) is 13.8. The van der Waals surface area contributed by atoms with E-state index in [0.717, 1.165) is 11.1 Å². The molecule has 5 nitrogen and oxygen atoms in total. The molecule has 0 amide bonds. The van der Waals surface area contributed by atoms with Gasteiger partial charge in [-0.15, -0.1) is 0 Å². The summed E-state index contributed by atoms with van der Waals surface area (Å²) in [6.07, 6.45) is 1.75. The minimum atomic E-state index is -0.416. The van der Waals surface area contributed by atoms with Crippen LogP contribution in [0.3, 0.4) is 0 Å². The largest absolute Gasteiger partial charge is 0.497 e. The van der Waals surface area contributed by atoms with Crippen LogP contribution in [0.15, 0.2) is 22.7 Å². The molecule has 0 unspecified atom stereocenters. The highest BCUT2D eigenvalue weighted by Crippen LogP contribution is 2.37. The van der Waals surface area contributed by atoms with Gasteiger partial charge in [0.15, 0.2) is 0 Å². The third kappa shape index (κ3) is 2.98. The van der Waals surface area contributed by atoms with Crippen LogP contribution >= 0.6 is 0 Å². The summed E-state index contributed by atoms with van der Waals surface area (Å²) >= 11 is 0. The van der Waals surface area contributed by atoms with Gasteiger partial charge in [-0.2, -0.15) is 0 Å². The van der Waals surface area contributed by atoms with Crippen molar-refractivity contribution in [3.05, 3.63) is 28.8 Å². The van der Waals surface area contributed by atoms with E-state index in [0.29, 0.717) is 22.8 Å². The van der Waals surface area contributed by atoms with Crippen LogP contribution in [0.1, 0.15) is 31.9 Å². The molecule has 1 aromatic rings. The minimum Gasteiger partial charge on any atom is -0.497 e. The molecular formula is C17H21NO4. The van der Waals surface area contributed by atoms with Crippen molar-refractivity contribution >= 4 is 17.8 Å². The first-order valence-corrected chi connectivity index (χ1v) is 6.97. The van der Waals surface area contributed by atoms with Gasteiger partial charge in [-0.1, -0.05) is 0 Å². The van der Waals surface area contributed by atoms with Gasteiger partial charge in [-0.05, 0) is 32.9 Å². The number of carbonyl (C=O) groups is 1. The van der Waals surface area contributed by atoms with Gasteiger partial charge in [0.25, 0.3) is 0 Å². The monoisotopic (exact) mass is 303 g/mol. The molecule has 0 heterocycles. The number of carbonyl (C=O) groups excluding carboxylic acids is 1. The fourth-order valence-corrected chi connectivity index (χ4v) is 2.31. The predicted molar refractivity (Wildman–Crippen MR) is 85.8 cm³/mol. The fraction of sp³-hybridized carbons (Fsp3) is 0.412. The zero-order chi connectivity index (χ0) is 16.5. The van der Waals surface area contributed by atoms with Gasteiger partial charge in [-0.3, -0.25) is 4.99 Å². The third-order valence-electron chi connectivity index (χ3n) is 3.22. The summed E-state index contributed by atoms with van der Waals surface area (Å²) in [6, 6.07) is 3.64. The molecule has 22 heavy (non-hydrogen) atoms. The number of benzene rings is 1. The van der Waals surface area contributed by atoms with Crippen LogP contribution in [0, 0.1) is 0 Å². The number of nitrogens with zero attached hydrogens (tertiary/aromatic N) is 1. The van der Waals surface area contributed by atoms with E-state index in [1.54, 1.807) is 26.4 Å². The quantitative estimate of drug-likeness (QED) is 0.806. The molecular weight excluding hydrogens is 282 g/mol. The summed E-state index contributed by atoms with van der Waals surface area (Å²) in [7, 11) is 4.53. The van der Waals surface area contributed by atoms with Crippen molar-refractivity contribution in [2.24, 2.45) is 4.99 Å². The number of methoxy groups -OCH3 is 3. The highest BCUT2D eigenvalue weighted by Gasteiger charge is 2.30. The molecule has 0 spiro atoms. The van der Waals surface area contributed by atoms with Crippen molar-refractivity contribution in [2.45, 2.75) is 26.3 Å². The molecule has 0 N–H and O–H groups in total. The number of fused-ring (bicyclic) bond motifs is 1. The van der Waals surface area contributed by atoms with Gasteiger partial charge in [0.2, 0.25) is 0 Å². The summed E-state index contributed by atoms with van der Waals surface area (Å²) in [6.45, 7) is 5.93. The van der Waals surface area contributed by atoms with Crippen LogP contribution in [0.5, 0.6) is 11.5 Å². The molecule has 0 atom stereocenters. The predicted octanol–water partition coefficient (Wildman–Crippen LogP) is 2.86. The molecule has 0 saturated heterocycles. The molecule has 1 aliphatic carbocycles. The Morgan fingerprint density at radius 2 is 1.77 bits per heavy atom. The van der Waals surface area contributed by atoms with Crippen LogP contribution in [-0.4, -0.2) is 38.5 Å². The minimum absolute atomic E-state index is 0.333. The van der Waals surface area contributed by atoms with E-state index < -0.39 is 5.97 Å². The Morgan fingerprint density at radius 3 is 2.27 bits per heavy atom. The fourth-order valence-electron chi connectivity index (χ4n) is 2.31. The maximum atomic E-state index is 12.1. The van der Waals surface area contributed by atoms with E-state index >= 15 is 0 Å². The van der Waals surface area contributed by atoms with Crippen molar-refractivity contribution in [3.63, 3.8) is 0 Å². The smallest absolute Gasteiger partial charge is 0.340 e. The Bertz CT molecular complexity index is 666. The summed E-state index contributed by atoms with van der Waals surface area (Å²) in [5, 5.41) is 0. The SMILES string of the molecule is COC(=O)C1=Cc2c(OC)cc(OC)cc2C1=NC(C)(C)C. The Balaban J connectivity index is 2.71. The molecule has 0 fully saturated rings. The summed E-state index contributed by atoms with van der Waals surface area (Å²) in [5.74, 6) is 0.867. The zero-order valence-corrected chi connectivity index (χ0v) is 13.8. The van der Waals surface area contributed by atoms with Crippen molar-refractivity contribution < 1.29 is 19.0 Å². The summed E-state index contributed by atoms with van der Waals surface area (Å²) < 4.78 is 15.6. The molecule has 0 bridgehead atoms. The van der Waals surface area contributed by atoms with Crippen molar-refractivity contribution in [2.75, 3.05) is 21.3 Å². The number of ether oxygens (including phenoxy) is 3. The summed E-state index contributed by atoms with van der Waals surface area (Å²) in [4.78, 5) is 16.8. The highest BCUT2D eigenvalue weighted by atomic mass is 16.5. The number of rotatable bonds is 3. The van der Waals surface area contributed by atoms with Gasteiger partial charge in [0.1, 0.15) is 11.5 Å². The number of aliphatic imine (C=N–C) groups is 1. The van der Waals surface area contributed by atoms with Gasteiger partial charge in [0.05, 0.1) is 38.2 Å². The molecule has 1 aliphatic rings. The van der Waals surface area contributed by atoms with Crippen molar-refractivity contribution in [3.8, 4) is 11.5 Å². The Morgan fingerprint density at radius 1 is 1.09 bits per heavy atom. The number of hydrogen-bond donors (Lipinski definition) is 0. The van der Waals surface area contributed by atoms with E-state index in [1.165, 1.54) is 7.11 Å². The lowest BCUT2D eigenvalue weighted by molar-refractivity contribution is -0.135. The maximum Gasteiger partial charge on any atom is 0.340 e. The van der Waals surface area contributed by atoms with E-state index in [-0.39, 0.29) is 5.54 Å². The Kier molecular flexibility index (Phi) is 4.26. The van der Waals surface area contributed by atoms with Crippen molar-refractivity contribution in [1.29, 1.82) is 0 Å². The lowest BCUT2D eigenvalue weighted by Crippen LogP contribution is -2.19. The lowest BCUT2D eigenvalue weighted by atomic mass is 10.0. The van der Waals surface area contributed by atoms with Gasteiger partial charge in [0, 0.05) is 17.2 Å². The van der Waals surface area contributed by atoms with Crippen LogP contribution < -0.4 is 9.47 Å². The molecule has 118 valence electrons. The van der Waals surface area contributed by atoms with E-state index in [2.05, 4.69) is 4.99 Å². The average Bonchev–Trinajstić information content (AvgIpc) is 2.82. The van der Waals surface area contributed by atoms with E-state index in [1.807, 2.05) is 26.8 Å². The van der Waals surface area contributed by atoms with E-state index in [4.69, 9.17) is 14.2 Å². The average molecular weight is 303 g/mol. The Hall–Kier alpha value is -2.30. The number of hydrogen-bond acceptors (Lipinski definition) is 5. The van der Waals surface area contributed by atoms with Crippen LogP contribution in [0.2, 0.25) is 0 Å². The van der Waals surface area contributed by atoms with Crippen LogP contribution in [0.4, 0.5) is 0 Å². The molecule has 0 radical (unpaired) electrons. The number of esters is 1. The first kappa shape index (κ1) is 16.1. The second-order valence-corrected chi connectivity index (χ2v) is 5.97. The van der Waals surface area contributed by atoms with Crippen molar-refractivity contribution in [1.82, 2.24) is 0 Å².